The molecular formula is C18H25Cl2NO. The van der Waals surface area contributed by atoms with Gasteiger partial charge < -0.3 is 4.74 Å². The highest BCUT2D eigenvalue weighted by Gasteiger charge is 2.20. The molecule has 0 bridgehead atoms. The highest BCUT2D eigenvalue weighted by molar-refractivity contribution is 6.32. The highest BCUT2D eigenvalue weighted by atomic mass is 35.5. The van der Waals surface area contributed by atoms with Gasteiger partial charge in [-0.05, 0) is 62.4 Å². The number of likely N-dealkylation sites (tertiary alicyclic amines) is 1. The Balaban J connectivity index is 0.00000176. The summed E-state index contributed by atoms with van der Waals surface area (Å²) in [5.41, 5.74) is 3.94. The molecule has 0 amide bonds. The van der Waals surface area contributed by atoms with E-state index in [4.69, 9.17) is 16.3 Å². The zero-order chi connectivity index (χ0) is 14.8. The molecule has 1 saturated heterocycles. The van der Waals surface area contributed by atoms with E-state index in [1.807, 2.05) is 12.1 Å². The third-order valence-corrected chi connectivity index (χ3v) is 5.16. The van der Waals surface area contributed by atoms with Crippen molar-refractivity contribution in [2.45, 2.75) is 32.6 Å². The minimum atomic E-state index is 0. The lowest BCUT2D eigenvalue weighted by molar-refractivity contribution is 0.205. The molecule has 122 valence electrons. The van der Waals surface area contributed by atoms with Crippen LogP contribution in [0.1, 0.15) is 37.3 Å². The van der Waals surface area contributed by atoms with Gasteiger partial charge >= 0.3 is 0 Å². The molecule has 1 heterocycles. The fourth-order valence-corrected chi connectivity index (χ4v) is 3.65. The van der Waals surface area contributed by atoms with Crippen LogP contribution in [0.3, 0.4) is 0 Å². The zero-order valence-corrected chi connectivity index (χ0v) is 15.0. The molecule has 0 radical (unpaired) electrons. The van der Waals surface area contributed by atoms with Crippen LogP contribution in [-0.2, 0) is 6.42 Å². The van der Waals surface area contributed by atoms with E-state index in [1.165, 1.54) is 42.6 Å². The van der Waals surface area contributed by atoms with Crippen molar-refractivity contribution in [3.8, 4) is 5.75 Å². The Hall–Kier alpha value is -0.700. The topological polar surface area (TPSA) is 12.5 Å². The van der Waals surface area contributed by atoms with Gasteiger partial charge in [0.15, 0.2) is 0 Å². The third kappa shape index (κ3) is 3.79. The first kappa shape index (κ1) is 17.7. The van der Waals surface area contributed by atoms with Crippen molar-refractivity contribution in [1.29, 1.82) is 0 Å². The van der Waals surface area contributed by atoms with E-state index in [0.29, 0.717) is 0 Å². The fraction of sp³-hybridized carbons (Fsp3) is 0.556. The number of halogens is 2. The summed E-state index contributed by atoms with van der Waals surface area (Å²) in [6.45, 7) is 5.92. The van der Waals surface area contributed by atoms with Gasteiger partial charge in [-0.3, -0.25) is 4.90 Å². The highest BCUT2D eigenvalue weighted by Crippen LogP contribution is 2.36. The van der Waals surface area contributed by atoms with Crippen molar-refractivity contribution in [2.24, 2.45) is 5.92 Å². The van der Waals surface area contributed by atoms with Gasteiger partial charge in [0.25, 0.3) is 0 Å². The van der Waals surface area contributed by atoms with Crippen LogP contribution < -0.4 is 4.74 Å². The second kappa shape index (κ2) is 7.72. The molecule has 0 unspecified atom stereocenters. The van der Waals surface area contributed by atoms with E-state index in [1.54, 1.807) is 7.11 Å². The van der Waals surface area contributed by atoms with Crippen molar-refractivity contribution in [1.82, 2.24) is 4.90 Å². The molecule has 1 aliphatic carbocycles. The normalized spacial score (nSPS) is 19.1. The van der Waals surface area contributed by atoms with Crippen LogP contribution in [0.25, 0.3) is 6.08 Å². The van der Waals surface area contributed by atoms with Crippen molar-refractivity contribution < 1.29 is 4.74 Å². The van der Waals surface area contributed by atoms with Crippen molar-refractivity contribution in [3.63, 3.8) is 0 Å². The molecule has 3 rings (SSSR count). The van der Waals surface area contributed by atoms with Crippen LogP contribution in [-0.4, -0.2) is 31.6 Å². The van der Waals surface area contributed by atoms with E-state index in [9.17, 15) is 0 Å². The number of hydrogen-bond acceptors (Lipinski definition) is 2. The van der Waals surface area contributed by atoms with Crippen LogP contribution in [0.2, 0.25) is 5.02 Å². The Kier molecular flexibility index (Phi) is 6.19. The SMILES string of the molecule is COc1ccc(Cl)c2c1CCC(CN1CCC(C)CC1)=C2.Cl. The summed E-state index contributed by atoms with van der Waals surface area (Å²) in [6.07, 6.45) is 7.11. The largest absolute Gasteiger partial charge is 0.496 e. The Morgan fingerprint density at radius 1 is 1.23 bits per heavy atom. The Morgan fingerprint density at radius 2 is 1.95 bits per heavy atom. The third-order valence-electron chi connectivity index (χ3n) is 4.83. The van der Waals surface area contributed by atoms with Crippen molar-refractivity contribution >= 4 is 30.1 Å². The summed E-state index contributed by atoms with van der Waals surface area (Å²) >= 11 is 6.38. The Bertz CT molecular complexity index is 548. The summed E-state index contributed by atoms with van der Waals surface area (Å²) in [5.74, 6) is 1.86. The maximum absolute atomic E-state index is 6.38. The standard InChI is InChI=1S/C18H24ClNO.ClH/c1-13-7-9-20(10-8-13)12-14-3-4-15-16(11-14)17(19)5-6-18(15)21-2;/h5-6,11,13H,3-4,7-10,12H2,1-2H3;1H. The average Bonchev–Trinajstić information content (AvgIpc) is 2.50. The first-order chi connectivity index (χ1) is 10.2. The maximum Gasteiger partial charge on any atom is 0.122 e. The fourth-order valence-electron chi connectivity index (χ4n) is 3.42. The molecule has 0 atom stereocenters. The minimum absolute atomic E-state index is 0. The maximum atomic E-state index is 6.38. The van der Waals surface area contributed by atoms with Crippen LogP contribution in [0.15, 0.2) is 17.7 Å². The van der Waals surface area contributed by atoms with Gasteiger partial charge in [-0.25, -0.2) is 0 Å². The summed E-state index contributed by atoms with van der Waals surface area (Å²) in [4.78, 5) is 2.59. The van der Waals surface area contributed by atoms with Gasteiger partial charge in [0.1, 0.15) is 5.75 Å². The summed E-state index contributed by atoms with van der Waals surface area (Å²) in [7, 11) is 1.73. The van der Waals surface area contributed by atoms with Gasteiger partial charge in [0.05, 0.1) is 7.11 Å². The van der Waals surface area contributed by atoms with E-state index in [-0.39, 0.29) is 12.4 Å². The lowest BCUT2D eigenvalue weighted by Crippen LogP contribution is -2.34. The van der Waals surface area contributed by atoms with Crippen molar-refractivity contribution in [2.75, 3.05) is 26.7 Å². The zero-order valence-electron chi connectivity index (χ0n) is 13.4. The first-order valence-corrected chi connectivity index (χ1v) is 8.32. The molecule has 0 N–H and O–H groups in total. The minimum Gasteiger partial charge on any atom is -0.496 e. The molecular weight excluding hydrogens is 317 g/mol. The first-order valence-electron chi connectivity index (χ1n) is 7.94. The lowest BCUT2D eigenvalue weighted by Gasteiger charge is -2.32. The van der Waals surface area contributed by atoms with E-state index in [2.05, 4.69) is 17.9 Å². The Labute approximate surface area is 144 Å². The van der Waals surface area contributed by atoms with Gasteiger partial charge in [-0.2, -0.15) is 0 Å². The summed E-state index contributed by atoms with van der Waals surface area (Å²) in [6, 6.07) is 3.92. The average molecular weight is 342 g/mol. The number of piperidine rings is 1. The molecule has 1 aliphatic heterocycles. The number of methoxy groups -OCH3 is 1. The monoisotopic (exact) mass is 341 g/mol. The Morgan fingerprint density at radius 3 is 2.64 bits per heavy atom. The number of hydrogen-bond donors (Lipinski definition) is 0. The molecule has 4 heteroatoms. The van der Waals surface area contributed by atoms with Crippen LogP contribution >= 0.6 is 24.0 Å². The molecule has 2 aliphatic rings. The van der Waals surface area contributed by atoms with Gasteiger partial charge in [-0.15, -0.1) is 12.4 Å². The van der Waals surface area contributed by atoms with Crippen molar-refractivity contribution in [3.05, 3.63) is 33.9 Å². The molecule has 2 nitrogen and oxygen atoms in total. The predicted molar refractivity (Wildman–Crippen MR) is 96.4 cm³/mol. The van der Waals surface area contributed by atoms with Crippen LogP contribution in [0, 0.1) is 5.92 Å². The predicted octanol–water partition coefficient (Wildman–Crippen LogP) is 4.83. The lowest BCUT2D eigenvalue weighted by atomic mass is 9.90. The van der Waals surface area contributed by atoms with Crippen LogP contribution in [0.5, 0.6) is 5.75 Å². The number of fused-ring (bicyclic) bond motifs is 1. The molecule has 0 saturated carbocycles. The van der Waals surface area contributed by atoms with E-state index in [0.717, 1.165) is 36.1 Å². The second-order valence-electron chi connectivity index (χ2n) is 6.40. The summed E-state index contributed by atoms with van der Waals surface area (Å²) < 4.78 is 5.47. The molecule has 0 spiro atoms. The number of ether oxygens (including phenoxy) is 1. The molecule has 1 aromatic rings. The quantitative estimate of drug-likeness (QED) is 0.780. The number of rotatable bonds is 3. The smallest absolute Gasteiger partial charge is 0.122 e. The van der Waals surface area contributed by atoms with E-state index < -0.39 is 0 Å². The number of nitrogens with zero attached hydrogens (tertiary/aromatic N) is 1. The van der Waals surface area contributed by atoms with Gasteiger partial charge in [-0.1, -0.05) is 30.2 Å². The number of benzene rings is 1. The van der Waals surface area contributed by atoms with Gasteiger partial charge in [0.2, 0.25) is 0 Å². The molecule has 22 heavy (non-hydrogen) atoms. The van der Waals surface area contributed by atoms with Crippen LogP contribution in [0.4, 0.5) is 0 Å². The molecule has 0 aromatic heterocycles. The molecule has 1 fully saturated rings. The second-order valence-corrected chi connectivity index (χ2v) is 6.81. The van der Waals surface area contributed by atoms with E-state index >= 15 is 0 Å². The molecule has 1 aromatic carbocycles. The summed E-state index contributed by atoms with van der Waals surface area (Å²) in [5, 5.41) is 0.843. The van der Waals surface area contributed by atoms with Gasteiger partial charge in [0, 0.05) is 17.1 Å².